The summed E-state index contributed by atoms with van der Waals surface area (Å²) in [5.41, 5.74) is 3.95. The number of hydrogen-bond acceptors (Lipinski definition) is 4. The van der Waals surface area contributed by atoms with Crippen LogP contribution in [0.4, 0.5) is 5.69 Å². The van der Waals surface area contributed by atoms with Gasteiger partial charge in [-0.25, -0.2) is 0 Å². The van der Waals surface area contributed by atoms with Gasteiger partial charge in [0.05, 0.1) is 26.8 Å². The van der Waals surface area contributed by atoms with E-state index in [2.05, 4.69) is 17.2 Å². The van der Waals surface area contributed by atoms with E-state index in [4.69, 9.17) is 23.2 Å². The summed E-state index contributed by atoms with van der Waals surface area (Å²) in [5.74, 6) is 0.598. The molecule has 1 aromatic heterocycles. The second-order valence-electron chi connectivity index (χ2n) is 8.79. The number of halogens is 2. The molecule has 1 fully saturated rings. The first-order valence-electron chi connectivity index (χ1n) is 11.3. The van der Waals surface area contributed by atoms with Crippen LogP contribution >= 0.6 is 23.2 Å². The number of anilines is 1. The van der Waals surface area contributed by atoms with Crippen LogP contribution in [0.3, 0.4) is 0 Å². The summed E-state index contributed by atoms with van der Waals surface area (Å²) in [6, 6.07) is 9.62. The van der Waals surface area contributed by atoms with Crippen molar-refractivity contribution in [2.24, 2.45) is 5.92 Å². The van der Waals surface area contributed by atoms with E-state index in [0.29, 0.717) is 11.6 Å². The van der Waals surface area contributed by atoms with Crippen molar-refractivity contribution in [1.82, 2.24) is 4.98 Å². The molecule has 2 N–H and O–H groups in total. The molecule has 0 bridgehead atoms. The summed E-state index contributed by atoms with van der Waals surface area (Å²) in [6.45, 7) is 3.82. The fourth-order valence-corrected chi connectivity index (χ4v) is 5.31. The molecule has 0 aliphatic heterocycles. The quantitative estimate of drug-likeness (QED) is 0.359. The van der Waals surface area contributed by atoms with Gasteiger partial charge in [0, 0.05) is 17.6 Å². The summed E-state index contributed by atoms with van der Waals surface area (Å²) in [4.78, 5) is 17.0. The molecule has 0 amide bonds. The van der Waals surface area contributed by atoms with Crippen molar-refractivity contribution in [2.75, 3.05) is 5.32 Å². The maximum absolute atomic E-state index is 12.5. The maximum atomic E-state index is 12.5. The molecular formula is C26H28Cl2N2O2. The van der Waals surface area contributed by atoms with Crippen molar-refractivity contribution in [3.63, 3.8) is 0 Å². The highest BCUT2D eigenvalue weighted by atomic mass is 35.5. The number of hydrogen-bond donors (Lipinski definition) is 2. The number of rotatable bonds is 6. The molecule has 168 valence electrons. The Bertz CT molecular complexity index is 1140. The van der Waals surface area contributed by atoms with Gasteiger partial charge in [-0.05, 0) is 61.1 Å². The lowest BCUT2D eigenvalue weighted by Crippen LogP contribution is -2.28. The van der Waals surface area contributed by atoms with Crippen molar-refractivity contribution >= 4 is 45.6 Å². The maximum Gasteiger partial charge on any atom is 0.163 e. The minimum Gasteiger partial charge on any atom is -0.505 e. The van der Waals surface area contributed by atoms with Crippen LogP contribution in [-0.4, -0.2) is 21.9 Å². The molecule has 1 aliphatic rings. The highest BCUT2D eigenvalue weighted by Gasteiger charge is 2.24. The number of Topliss-reactive ketones (excluding diaryl/α,β-unsaturated/α-hetero) is 1. The smallest absolute Gasteiger partial charge is 0.163 e. The SMILES string of the molecule is CCC[C@H]1CCC[C@H](Nc2c(C(C)=O)cnc3ccc(-c4cc(Cl)c(O)c(Cl)c4)cc23)C1. The molecule has 4 rings (SSSR count). The third-order valence-corrected chi connectivity index (χ3v) is 7.00. The third-order valence-electron chi connectivity index (χ3n) is 6.43. The molecular weight excluding hydrogens is 443 g/mol. The van der Waals surface area contributed by atoms with E-state index in [-0.39, 0.29) is 21.6 Å². The van der Waals surface area contributed by atoms with E-state index in [1.165, 1.54) is 25.7 Å². The van der Waals surface area contributed by atoms with E-state index in [1.54, 1.807) is 25.3 Å². The number of pyridine rings is 1. The Hall–Kier alpha value is -2.30. The molecule has 1 saturated carbocycles. The second kappa shape index (κ2) is 9.68. The predicted molar refractivity (Wildman–Crippen MR) is 133 cm³/mol. The van der Waals surface area contributed by atoms with Crippen LogP contribution in [0.25, 0.3) is 22.0 Å². The average molecular weight is 471 g/mol. The van der Waals surface area contributed by atoms with Crippen LogP contribution in [0.5, 0.6) is 5.75 Å². The highest BCUT2D eigenvalue weighted by molar-refractivity contribution is 6.37. The topological polar surface area (TPSA) is 62.2 Å². The zero-order chi connectivity index (χ0) is 22.8. The van der Waals surface area contributed by atoms with Gasteiger partial charge >= 0.3 is 0 Å². The van der Waals surface area contributed by atoms with Gasteiger partial charge in [-0.1, -0.05) is 61.9 Å². The Morgan fingerprint density at radius 3 is 2.59 bits per heavy atom. The summed E-state index contributed by atoms with van der Waals surface area (Å²) >= 11 is 12.3. The summed E-state index contributed by atoms with van der Waals surface area (Å²) < 4.78 is 0. The lowest BCUT2D eigenvalue weighted by atomic mass is 9.83. The molecule has 0 spiro atoms. The molecule has 6 heteroatoms. The van der Waals surface area contributed by atoms with Gasteiger partial charge in [-0.15, -0.1) is 0 Å². The number of fused-ring (bicyclic) bond motifs is 1. The van der Waals surface area contributed by atoms with Crippen LogP contribution in [0, 0.1) is 5.92 Å². The fourth-order valence-electron chi connectivity index (χ4n) is 4.82. The first-order valence-corrected chi connectivity index (χ1v) is 12.0. The molecule has 2 aromatic carbocycles. The van der Waals surface area contributed by atoms with E-state index >= 15 is 0 Å². The normalized spacial score (nSPS) is 18.6. The van der Waals surface area contributed by atoms with Crippen molar-refractivity contribution in [3.8, 4) is 16.9 Å². The fraction of sp³-hybridized carbons (Fsp3) is 0.385. The minimum atomic E-state index is -0.125. The summed E-state index contributed by atoms with van der Waals surface area (Å²) in [7, 11) is 0. The van der Waals surface area contributed by atoms with Crippen molar-refractivity contribution < 1.29 is 9.90 Å². The first-order chi connectivity index (χ1) is 15.4. The Kier molecular flexibility index (Phi) is 6.92. The van der Waals surface area contributed by atoms with Gasteiger partial charge in [-0.3, -0.25) is 9.78 Å². The van der Waals surface area contributed by atoms with Crippen LogP contribution in [-0.2, 0) is 0 Å². The van der Waals surface area contributed by atoms with E-state index < -0.39 is 0 Å². The van der Waals surface area contributed by atoms with Crippen LogP contribution in [0.2, 0.25) is 10.0 Å². The summed E-state index contributed by atoms with van der Waals surface area (Å²) in [5, 5.41) is 14.9. The number of phenolic OH excluding ortho intramolecular Hbond substituents is 1. The third kappa shape index (κ3) is 4.72. The number of benzene rings is 2. The average Bonchev–Trinajstić information content (AvgIpc) is 2.77. The Labute approximate surface area is 199 Å². The van der Waals surface area contributed by atoms with Crippen LogP contribution < -0.4 is 5.32 Å². The van der Waals surface area contributed by atoms with Crippen molar-refractivity contribution in [1.29, 1.82) is 0 Å². The highest BCUT2D eigenvalue weighted by Crippen LogP contribution is 2.39. The van der Waals surface area contributed by atoms with Crippen LogP contribution in [0.1, 0.15) is 62.7 Å². The Morgan fingerprint density at radius 2 is 1.91 bits per heavy atom. The zero-order valence-corrected chi connectivity index (χ0v) is 19.9. The Balaban J connectivity index is 1.78. The number of carbonyl (C=O) groups excluding carboxylic acids is 1. The van der Waals surface area contributed by atoms with E-state index in [9.17, 15) is 9.90 Å². The van der Waals surface area contributed by atoms with E-state index in [1.807, 2.05) is 18.2 Å². The van der Waals surface area contributed by atoms with Gasteiger partial charge in [0.15, 0.2) is 11.5 Å². The summed E-state index contributed by atoms with van der Waals surface area (Å²) in [6.07, 6.45) is 8.85. The lowest BCUT2D eigenvalue weighted by Gasteiger charge is -2.31. The molecule has 3 aromatic rings. The Morgan fingerprint density at radius 1 is 1.16 bits per heavy atom. The molecule has 0 radical (unpaired) electrons. The number of nitrogens with one attached hydrogen (secondary N) is 1. The second-order valence-corrected chi connectivity index (χ2v) is 9.60. The van der Waals surface area contributed by atoms with E-state index in [0.717, 1.165) is 46.5 Å². The molecule has 1 aliphatic carbocycles. The number of phenols is 1. The molecule has 32 heavy (non-hydrogen) atoms. The molecule has 4 nitrogen and oxygen atoms in total. The predicted octanol–water partition coefficient (Wildman–Crippen LogP) is 7.89. The molecule has 1 heterocycles. The number of ketones is 1. The molecule has 2 atom stereocenters. The van der Waals surface area contributed by atoms with Gasteiger partial charge in [0.2, 0.25) is 0 Å². The van der Waals surface area contributed by atoms with Crippen molar-refractivity contribution in [3.05, 3.63) is 52.1 Å². The number of nitrogens with zero attached hydrogens (tertiary/aromatic N) is 1. The lowest BCUT2D eigenvalue weighted by molar-refractivity contribution is 0.101. The number of aromatic hydroxyl groups is 1. The van der Waals surface area contributed by atoms with Gasteiger partial charge in [0.25, 0.3) is 0 Å². The molecule has 0 unspecified atom stereocenters. The standard InChI is InChI=1S/C26H28Cl2N2O2/c1-3-5-16-6-4-7-19(10-16)30-25-20-11-17(18-12-22(27)26(32)23(28)13-18)8-9-24(20)29-14-21(25)15(2)31/h8-9,11-14,16,19,32H,3-7,10H2,1-2H3,(H,29,30)/t16-,19-/m0/s1. The largest absolute Gasteiger partial charge is 0.505 e. The molecule has 0 saturated heterocycles. The number of aromatic nitrogens is 1. The van der Waals surface area contributed by atoms with Crippen molar-refractivity contribution in [2.45, 2.75) is 58.4 Å². The monoisotopic (exact) mass is 470 g/mol. The van der Waals surface area contributed by atoms with Gasteiger partial charge in [0.1, 0.15) is 0 Å². The minimum absolute atomic E-state index is 0.0102. The first kappa shape index (κ1) is 22.9. The van der Waals surface area contributed by atoms with Crippen LogP contribution in [0.15, 0.2) is 36.5 Å². The van der Waals surface area contributed by atoms with Gasteiger partial charge in [-0.2, -0.15) is 0 Å². The van der Waals surface area contributed by atoms with Gasteiger partial charge < -0.3 is 10.4 Å². The number of carbonyl (C=O) groups is 1. The zero-order valence-electron chi connectivity index (χ0n) is 18.4.